The molecule has 33 heavy (non-hydrogen) atoms. The average molecular weight is 467 g/mol. The number of hydrogen-bond donors (Lipinski definition) is 1. The molecule has 0 aliphatic carbocycles. The lowest BCUT2D eigenvalue weighted by molar-refractivity contribution is 0.312. The van der Waals surface area contributed by atoms with E-state index in [2.05, 4.69) is 42.8 Å². The number of aromatic hydroxyl groups is 1. The van der Waals surface area contributed by atoms with Crippen molar-refractivity contribution in [3.05, 3.63) is 71.3 Å². The number of phenols is 1. The van der Waals surface area contributed by atoms with Crippen LogP contribution in [0.3, 0.4) is 0 Å². The fraction of sp³-hybridized carbons (Fsp3) is 0.333. The summed E-state index contributed by atoms with van der Waals surface area (Å²) in [6, 6.07) is 17.7. The number of para-hydroxylation sites is 2. The smallest absolute Gasteiger partial charge is 0.162 e. The zero-order valence-corrected chi connectivity index (χ0v) is 19.9. The van der Waals surface area contributed by atoms with Crippen molar-refractivity contribution in [2.24, 2.45) is 0 Å². The van der Waals surface area contributed by atoms with Crippen molar-refractivity contribution in [2.75, 3.05) is 32.1 Å². The van der Waals surface area contributed by atoms with Crippen LogP contribution in [0, 0.1) is 13.8 Å². The van der Waals surface area contributed by atoms with Gasteiger partial charge in [-0.3, -0.25) is 0 Å². The lowest BCUT2D eigenvalue weighted by Gasteiger charge is -2.35. The molecule has 176 valence electrons. The van der Waals surface area contributed by atoms with Crippen molar-refractivity contribution < 1.29 is 14.1 Å². The summed E-state index contributed by atoms with van der Waals surface area (Å²) in [5.74, 6) is 0.700. The Hall–Kier alpha value is -2.83. The fourth-order valence-electron chi connectivity index (χ4n) is 4.30. The maximum atomic E-state index is 13.2. The lowest BCUT2D eigenvalue weighted by Crippen LogP contribution is -2.29. The van der Waals surface area contributed by atoms with Gasteiger partial charge in [-0.1, -0.05) is 37.8 Å². The second kappa shape index (κ2) is 10.4. The summed E-state index contributed by atoms with van der Waals surface area (Å²) in [6.07, 6.45) is 0.926. The third-order valence-electron chi connectivity index (χ3n) is 6.15. The summed E-state index contributed by atoms with van der Waals surface area (Å²) in [7, 11) is 2.45. The SMILES string of the molecule is C.COc1cccc(CN(C)CCCN2c3ccccc3S(=O)c3ccc(C)c(C)c32)c1O. The first-order chi connectivity index (χ1) is 15.4. The zero-order chi connectivity index (χ0) is 22.8. The van der Waals surface area contributed by atoms with Gasteiger partial charge in [-0.15, -0.1) is 0 Å². The molecule has 1 N–H and O–H groups in total. The first kappa shape index (κ1) is 24.8. The summed E-state index contributed by atoms with van der Waals surface area (Å²) < 4.78 is 18.5. The monoisotopic (exact) mass is 466 g/mol. The first-order valence-corrected chi connectivity index (χ1v) is 12.0. The van der Waals surface area contributed by atoms with Gasteiger partial charge in [-0.25, -0.2) is 4.21 Å². The summed E-state index contributed by atoms with van der Waals surface area (Å²) in [5.41, 5.74) is 5.34. The summed E-state index contributed by atoms with van der Waals surface area (Å²) in [5, 5.41) is 10.4. The molecule has 1 aliphatic heterocycles. The van der Waals surface area contributed by atoms with Crippen LogP contribution >= 0.6 is 0 Å². The molecule has 1 unspecified atom stereocenters. The Morgan fingerprint density at radius 2 is 1.79 bits per heavy atom. The minimum atomic E-state index is -1.17. The van der Waals surface area contributed by atoms with E-state index >= 15 is 0 Å². The topological polar surface area (TPSA) is 53.0 Å². The molecule has 5 nitrogen and oxygen atoms in total. The van der Waals surface area contributed by atoms with Gasteiger partial charge < -0.3 is 19.6 Å². The molecule has 1 atom stereocenters. The number of methoxy groups -OCH3 is 1. The normalized spacial score (nSPS) is 14.5. The zero-order valence-electron chi connectivity index (χ0n) is 19.1. The van der Waals surface area contributed by atoms with Crippen molar-refractivity contribution in [1.29, 1.82) is 0 Å². The Balaban J connectivity index is 0.00000306. The Labute approximate surface area is 200 Å². The van der Waals surface area contributed by atoms with Crippen LogP contribution in [0.1, 0.15) is 30.5 Å². The summed E-state index contributed by atoms with van der Waals surface area (Å²) in [4.78, 5) is 6.29. The van der Waals surface area contributed by atoms with Crippen LogP contribution < -0.4 is 9.64 Å². The molecule has 1 heterocycles. The van der Waals surface area contributed by atoms with Gasteiger partial charge in [0.15, 0.2) is 11.5 Å². The second-order valence-corrected chi connectivity index (χ2v) is 9.72. The van der Waals surface area contributed by atoms with Crippen LogP contribution in [0.2, 0.25) is 0 Å². The van der Waals surface area contributed by atoms with E-state index in [0.717, 1.165) is 46.2 Å². The Morgan fingerprint density at radius 3 is 2.55 bits per heavy atom. The highest BCUT2D eigenvalue weighted by Gasteiger charge is 2.29. The van der Waals surface area contributed by atoms with E-state index in [1.807, 2.05) is 36.4 Å². The predicted molar refractivity (Wildman–Crippen MR) is 136 cm³/mol. The number of aryl methyl sites for hydroxylation is 1. The minimum Gasteiger partial charge on any atom is -0.504 e. The molecule has 4 rings (SSSR count). The first-order valence-electron chi connectivity index (χ1n) is 10.8. The highest BCUT2D eigenvalue weighted by molar-refractivity contribution is 7.85. The van der Waals surface area contributed by atoms with Gasteiger partial charge in [0.1, 0.15) is 0 Å². The van der Waals surface area contributed by atoms with E-state index in [4.69, 9.17) is 4.74 Å². The van der Waals surface area contributed by atoms with Gasteiger partial charge in [0.25, 0.3) is 0 Å². The molecule has 0 aromatic heterocycles. The molecule has 0 saturated heterocycles. The second-order valence-electron chi connectivity index (χ2n) is 8.30. The van der Waals surface area contributed by atoms with Crippen molar-refractivity contribution >= 4 is 22.2 Å². The van der Waals surface area contributed by atoms with Crippen LogP contribution in [0.15, 0.2) is 64.4 Å². The molecule has 0 fully saturated rings. The van der Waals surface area contributed by atoms with E-state index in [1.54, 1.807) is 13.2 Å². The van der Waals surface area contributed by atoms with Crippen molar-refractivity contribution in [2.45, 2.75) is 44.0 Å². The molecule has 3 aromatic carbocycles. The van der Waals surface area contributed by atoms with Gasteiger partial charge in [0, 0.05) is 18.7 Å². The van der Waals surface area contributed by atoms with E-state index < -0.39 is 10.8 Å². The van der Waals surface area contributed by atoms with E-state index in [9.17, 15) is 9.32 Å². The van der Waals surface area contributed by atoms with Gasteiger partial charge in [-0.05, 0) is 69.3 Å². The van der Waals surface area contributed by atoms with Crippen LogP contribution in [0.5, 0.6) is 11.5 Å². The summed E-state index contributed by atoms with van der Waals surface area (Å²) >= 11 is 0. The number of anilines is 2. The number of benzene rings is 3. The van der Waals surface area contributed by atoms with Crippen LogP contribution in [-0.4, -0.2) is 41.5 Å². The molecule has 0 radical (unpaired) electrons. The standard InChI is InChI=1S/C26H30N2O3S.CH4/c1-18-13-14-24-25(19(18)2)28(21-10-5-6-12-23(21)32(24)30)16-8-15-27(3)17-20-9-7-11-22(31-4)26(20)29;/h5-7,9-14,29H,8,15-17H2,1-4H3;1H4. The quantitative estimate of drug-likeness (QED) is 0.477. The Kier molecular flexibility index (Phi) is 7.82. The number of ether oxygens (including phenoxy) is 1. The fourth-order valence-corrected chi connectivity index (χ4v) is 5.74. The van der Waals surface area contributed by atoms with Crippen LogP contribution in [0.4, 0.5) is 11.4 Å². The minimum absolute atomic E-state index is 0. The van der Waals surface area contributed by atoms with Crippen molar-refractivity contribution in [3.63, 3.8) is 0 Å². The number of phenolic OH excluding ortho intramolecular Hbond substituents is 1. The molecule has 0 bridgehead atoms. The number of hydrogen-bond acceptors (Lipinski definition) is 5. The molecule has 0 saturated carbocycles. The number of fused-ring (bicyclic) bond motifs is 2. The number of nitrogens with zero attached hydrogens (tertiary/aromatic N) is 2. The largest absolute Gasteiger partial charge is 0.504 e. The van der Waals surface area contributed by atoms with E-state index in [1.165, 1.54) is 11.1 Å². The van der Waals surface area contributed by atoms with Gasteiger partial charge in [0.2, 0.25) is 0 Å². The molecule has 6 heteroatoms. The average Bonchev–Trinajstić information content (AvgIpc) is 2.79. The van der Waals surface area contributed by atoms with Crippen molar-refractivity contribution in [1.82, 2.24) is 4.90 Å². The third-order valence-corrected chi connectivity index (χ3v) is 7.63. The Morgan fingerprint density at radius 1 is 1.03 bits per heavy atom. The molecular formula is C27H34N2O3S. The van der Waals surface area contributed by atoms with E-state index in [-0.39, 0.29) is 13.2 Å². The van der Waals surface area contributed by atoms with Gasteiger partial charge >= 0.3 is 0 Å². The van der Waals surface area contributed by atoms with Crippen molar-refractivity contribution in [3.8, 4) is 11.5 Å². The maximum absolute atomic E-state index is 13.2. The van der Waals surface area contributed by atoms with E-state index in [0.29, 0.717) is 12.3 Å². The molecule has 0 spiro atoms. The highest BCUT2D eigenvalue weighted by Crippen LogP contribution is 2.44. The van der Waals surface area contributed by atoms with Gasteiger partial charge in [-0.2, -0.15) is 0 Å². The molecule has 1 aliphatic rings. The van der Waals surface area contributed by atoms with Crippen LogP contribution in [0.25, 0.3) is 0 Å². The van der Waals surface area contributed by atoms with Crippen LogP contribution in [-0.2, 0) is 17.3 Å². The highest BCUT2D eigenvalue weighted by atomic mass is 32.2. The molecular weight excluding hydrogens is 432 g/mol. The maximum Gasteiger partial charge on any atom is 0.162 e. The number of rotatable bonds is 7. The molecule has 3 aromatic rings. The predicted octanol–water partition coefficient (Wildman–Crippen LogP) is 5.79. The summed E-state index contributed by atoms with van der Waals surface area (Å²) in [6.45, 7) is 6.53. The van der Waals surface area contributed by atoms with Gasteiger partial charge in [0.05, 0.1) is 39.1 Å². The Bertz CT molecular complexity index is 1160. The molecule has 0 amide bonds. The lowest BCUT2D eigenvalue weighted by atomic mass is 10.1. The third kappa shape index (κ3) is 4.77.